The van der Waals surface area contributed by atoms with E-state index in [0.717, 1.165) is 0 Å². The van der Waals surface area contributed by atoms with E-state index in [2.05, 4.69) is 10.6 Å². The number of carbonyl (C=O) groups is 2. The minimum atomic E-state index is -2.25. The maximum absolute atomic E-state index is 12.5. The maximum atomic E-state index is 12.5. The smallest absolute Gasteiger partial charge is 0.317 e. The van der Waals surface area contributed by atoms with E-state index in [9.17, 15) is 30.0 Å². The van der Waals surface area contributed by atoms with Gasteiger partial charge in [0.25, 0.3) is 0 Å². The van der Waals surface area contributed by atoms with Crippen molar-refractivity contribution in [1.29, 1.82) is 0 Å². The van der Waals surface area contributed by atoms with Crippen molar-refractivity contribution < 1.29 is 30.0 Å². The zero-order valence-electron chi connectivity index (χ0n) is 17.9. The van der Waals surface area contributed by atoms with Gasteiger partial charge in [0.05, 0.1) is 24.8 Å². The molecule has 10 heteroatoms. The number of aliphatic hydroxyl groups is 4. The van der Waals surface area contributed by atoms with Crippen molar-refractivity contribution in [2.24, 2.45) is 5.73 Å². The van der Waals surface area contributed by atoms with Gasteiger partial charge in [-0.3, -0.25) is 4.79 Å². The van der Waals surface area contributed by atoms with Crippen LogP contribution in [-0.4, -0.2) is 92.8 Å². The van der Waals surface area contributed by atoms with Crippen LogP contribution in [0.25, 0.3) is 0 Å². The molecule has 1 saturated carbocycles. The first-order chi connectivity index (χ1) is 13.8. The molecular formula is C20H32N4O6. The molecule has 0 spiro atoms. The number of carbonyl (C=O) groups excluding carboxylic acids is 2. The number of nitrogens with zero attached hydrogens (tertiary/aromatic N) is 1. The summed E-state index contributed by atoms with van der Waals surface area (Å²) in [6, 6.07) is 3.34. The quantitative estimate of drug-likeness (QED) is 0.282. The monoisotopic (exact) mass is 424 g/mol. The number of nitrogens with one attached hydrogen (secondary N) is 2. The topological polar surface area (TPSA) is 168 Å². The molecule has 0 heterocycles. The standard InChI is InChI=1S/C20H32N4O6/c1-11(26)13-7-6-8-14(9-13)22-16-15(21)20(12(2)27,23-17(28)24(4)5)18(3,29)19(16,30)10-25/h6-9,12,15-16,22,25,27,29-30H,10,21H2,1-5H3,(H,23,28)/t12-,15-,16-,18-,19+,20-/m0/s1. The molecule has 1 fully saturated rings. The number of hydrogen-bond donors (Lipinski definition) is 7. The first-order valence-electron chi connectivity index (χ1n) is 9.62. The van der Waals surface area contributed by atoms with Crippen LogP contribution >= 0.6 is 0 Å². The Morgan fingerprint density at radius 2 is 1.90 bits per heavy atom. The minimum Gasteiger partial charge on any atom is -0.393 e. The van der Waals surface area contributed by atoms with E-state index in [1.807, 2.05) is 0 Å². The highest BCUT2D eigenvalue weighted by Crippen LogP contribution is 2.48. The van der Waals surface area contributed by atoms with Crippen molar-refractivity contribution in [2.75, 3.05) is 26.0 Å². The molecule has 10 nitrogen and oxygen atoms in total. The van der Waals surface area contributed by atoms with Crippen LogP contribution in [0.15, 0.2) is 24.3 Å². The molecule has 1 aliphatic rings. The van der Waals surface area contributed by atoms with Crippen molar-refractivity contribution in [3.8, 4) is 0 Å². The van der Waals surface area contributed by atoms with Crippen molar-refractivity contribution in [3.05, 3.63) is 29.8 Å². The highest BCUT2D eigenvalue weighted by Gasteiger charge is 2.75. The number of hydrogen-bond acceptors (Lipinski definition) is 8. The predicted octanol–water partition coefficient (Wildman–Crippen LogP) is -1.12. The van der Waals surface area contributed by atoms with E-state index in [4.69, 9.17) is 5.73 Å². The summed E-state index contributed by atoms with van der Waals surface area (Å²) in [7, 11) is 2.95. The van der Waals surface area contributed by atoms with Gasteiger partial charge in [-0.1, -0.05) is 12.1 Å². The lowest BCUT2D eigenvalue weighted by atomic mass is 9.73. The number of nitrogens with two attached hydrogens (primary N) is 1. The zero-order chi connectivity index (χ0) is 23.1. The molecule has 0 bridgehead atoms. The first-order valence-corrected chi connectivity index (χ1v) is 9.62. The van der Waals surface area contributed by atoms with Crippen molar-refractivity contribution in [3.63, 3.8) is 0 Å². The Bertz CT molecular complexity index is 814. The Hall–Kier alpha value is -2.24. The minimum absolute atomic E-state index is 0.171. The Balaban J connectivity index is 2.60. The van der Waals surface area contributed by atoms with Gasteiger partial charge in [-0.05, 0) is 32.9 Å². The molecular weight excluding hydrogens is 392 g/mol. The van der Waals surface area contributed by atoms with E-state index in [1.165, 1.54) is 39.8 Å². The molecule has 1 aromatic rings. The van der Waals surface area contributed by atoms with Gasteiger partial charge in [0.15, 0.2) is 5.78 Å². The van der Waals surface area contributed by atoms with E-state index >= 15 is 0 Å². The number of ketones is 1. The van der Waals surface area contributed by atoms with Crippen molar-refractivity contribution >= 4 is 17.5 Å². The van der Waals surface area contributed by atoms with E-state index in [-0.39, 0.29) is 5.78 Å². The summed E-state index contributed by atoms with van der Waals surface area (Å²) in [6.07, 6.45) is -1.40. The van der Waals surface area contributed by atoms with Gasteiger partial charge in [0.2, 0.25) is 0 Å². The van der Waals surface area contributed by atoms with Gasteiger partial charge >= 0.3 is 6.03 Å². The normalized spacial score (nSPS) is 34.3. The van der Waals surface area contributed by atoms with Gasteiger partial charge in [0.1, 0.15) is 16.7 Å². The Kier molecular flexibility index (Phi) is 6.51. The lowest BCUT2D eigenvalue weighted by Gasteiger charge is -2.48. The van der Waals surface area contributed by atoms with Crippen LogP contribution in [0.3, 0.4) is 0 Å². The number of anilines is 1. The third-order valence-electron chi connectivity index (χ3n) is 6.26. The van der Waals surface area contributed by atoms with Crippen LogP contribution in [0.2, 0.25) is 0 Å². The molecule has 0 aromatic heterocycles. The summed E-state index contributed by atoms with van der Waals surface area (Å²) < 4.78 is 0. The molecule has 30 heavy (non-hydrogen) atoms. The van der Waals surface area contributed by atoms with Crippen molar-refractivity contribution in [1.82, 2.24) is 10.2 Å². The number of Topliss-reactive ketones (excluding diaryl/α,β-unsaturated/α-hetero) is 1. The van der Waals surface area contributed by atoms with Gasteiger partial charge < -0.3 is 41.7 Å². The lowest BCUT2D eigenvalue weighted by molar-refractivity contribution is -0.185. The average Bonchev–Trinajstić information content (AvgIpc) is 2.79. The lowest BCUT2D eigenvalue weighted by Crippen LogP contribution is -2.76. The summed E-state index contributed by atoms with van der Waals surface area (Å²) >= 11 is 0. The van der Waals surface area contributed by atoms with Gasteiger partial charge in [-0.15, -0.1) is 0 Å². The van der Waals surface area contributed by atoms with Crippen LogP contribution in [0.4, 0.5) is 10.5 Å². The summed E-state index contributed by atoms with van der Waals surface area (Å²) in [6.45, 7) is 3.04. The molecule has 0 radical (unpaired) electrons. The molecule has 8 N–H and O–H groups in total. The van der Waals surface area contributed by atoms with Crippen LogP contribution in [0.5, 0.6) is 0 Å². The third kappa shape index (κ3) is 3.44. The molecule has 168 valence electrons. The second kappa shape index (κ2) is 8.12. The molecule has 1 aliphatic carbocycles. The number of urea groups is 1. The van der Waals surface area contributed by atoms with Crippen LogP contribution in [-0.2, 0) is 0 Å². The molecule has 6 atom stereocenters. The number of benzene rings is 1. The maximum Gasteiger partial charge on any atom is 0.317 e. The highest BCUT2D eigenvalue weighted by molar-refractivity contribution is 5.94. The SMILES string of the molecule is CC(=O)c1cccc(N[C@H]2[C@H](N)[C@@](NC(=O)N(C)C)([C@H](C)O)[C@@](C)(O)[C@@]2(O)CO)c1. The van der Waals surface area contributed by atoms with Gasteiger partial charge in [-0.25, -0.2) is 4.79 Å². The molecule has 2 amide bonds. The second-order valence-electron chi connectivity index (χ2n) is 8.31. The fourth-order valence-corrected chi connectivity index (χ4v) is 4.30. The first kappa shape index (κ1) is 24.0. The number of rotatable bonds is 6. The fraction of sp³-hybridized carbons (Fsp3) is 0.600. The third-order valence-corrected chi connectivity index (χ3v) is 6.26. The van der Waals surface area contributed by atoms with Crippen LogP contribution < -0.4 is 16.4 Å². The second-order valence-corrected chi connectivity index (χ2v) is 8.31. The Morgan fingerprint density at radius 1 is 1.30 bits per heavy atom. The Labute approximate surface area is 175 Å². The Morgan fingerprint density at radius 3 is 2.37 bits per heavy atom. The summed E-state index contributed by atoms with van der Waals surface area (Å²) in [5.74, 6) is -0.171. The number of aliphatic hydroxyl groups excluding tert-OH is 2. The van der Waals surface area contributed by atoms with Gasteiger partial charge in [0, 0.05) is 25.3 Å². The molecule has 0 aliphatic heterocycles. The highest BCUT2D eigenvalue weighted by atomic mass is 16.4. The van der Waals surface area contributed by atoms with E-state index in [0.29, 0.717) is 11.3 Å². The van der Waals surface area contributed by atoms with Crippen LogP contribution in [0.1, 0.15) is 31.1 Å². The van der Waals surface area contributed by atoms with Crippen molar-refractivity contribution in [2.45, 2.75) is 55.7 Å². The van der Waals surface area contributed by atoms with Crippen LogP contribution in [0, 0.1) is 0 Å². The molecule has 1 aromatic carbocycles. The summed E-state index contributed by atoms with van der Waals surface area (Å²) in [4.78, 5) is 25.4. The largest absolute Gasteiger partial charge is 0.393 e. The predicted molar refractivity (Wildman–Crippen MR) is 111 cm³/mol. The zero-order valence-corrected chi connectivity index (χ0v) is 17.9. The van der Waals surface area contributed by atoms with Gasteiger partial charge in [-0.2, -0.15) is 0 Å². The average molecular weight is 424 g/mol. The summed E-state index contributed by atoms with van der Waals surface area (Å²) in [5, 5.41) is 49.0. The van der Waals surface area contributed by atoms with E-state index in [1.54, 1.807) is 24.3 Å². The van der Waals surface area contributed by atoms with E-state index < -0.39 is 47.6 Å². The molecule has 0 saturated heterocycles. The molecule has 2 rings (SSSR count). The number of amides is 2. The summed E-state index contributed by atoms with van der Waals surface area (Å²) in [5.41, 5.74) is 0.830. The molecule has 0 unspecified atom stereocenters. The fourth-order valence-electron chi connectivity index (χ4n) is 4.30.